The summed E-state index contributed by atoms with van der Waals surface area (Å²) < 4.78 is 53.0. The summed E-state index contributed by atoms with van der Waals surface area (Å²) in [7, 11) is 0. The average molecular weight is 268 g/mol. The van der Waals surface area contributed by atoms with E-state index in [9.17, 15) is 17.6 Å². The number of aryl methyl sites for hydroxylation is 1. The predicted octanol–water partition coefficient (Wildman–Crippen LogP) is 4.86. The van der Waals surface area contributed by atoms with Crippen molar-refractivity contribution >= 4 is 0 Å². The van der Waals surface area contributed by atoms with Crippen LogP contribution in [0.25, 0.3) is 11.1 Å². The zero-order valence-corrected chi connectivity index (χ0v) is 10.3. The van der Waals surface area contributed by atoms with E-state index in [1.165, 1.54) is 12.1 Å². The van der Waals surface area contributed by atoms with E-state index >= 15 is 0 Å². The van der Waals surface area contributed by atoms with E-state index in [1.807, 2.05) is 6.92 Å². The minimum atomic E-state index is -1.55. The van der Waals surface area contributed by atoms with Crippen molar-refractivity contribution in [3.8, 4) is 11.1 Å². The molecule has 0 radical (unpaired) electrons. The van der Waals surface area contributed by atoms with E-state index in [1.54, 1.807) is 6.07 Å². The van der Waals surface area contributed by atoms with Crippen molar-refractivity contribution in [2.45, 2.75) is 19.8 Å². The lowest BCUT2D eigenvalue weighted by Gasteiger charge is -2.07. The number of hydrogen-bond acceptors (Lipinski definition) is 0. The molecule has 0 aliphatic rings. The van der Waals surface area contributed by atoms with Crippen LogP contribution >= 0.6 is 0 Å². The van der Waals surface area contributed by atoms with Crippen LogP contribution in [0.1, 0.15) is 18.9 Å². The highest BCUT2D eigenvalue weighted by Gasteiger charge is 2.14. The third-order valence-corrected chi connectivity index (χ3v) is 2.87. The Morgan fingerprint density at radius 2 is 1.47 bits per heavy atom. The summed E-state index contributed by atoms with van der Waals surface area (Å²) in [4.78, 5) is 0. The average Bonchev–Trinajstić information content (AvgIpc) is 2.36. The molecule has 100 valence electrons. The lowest BCUT2D eigenvalue weighted by molar-refractivity contribution is 0.447. The molecule has 0 atom stereocenters. The molecule has 0 heterocycles. The van der Waals surface area contributed by atoms with Gasteiger partial charge in [-0.15, -0.1) is 0 Å². The molecular weight excluding hydrogens is 256 g/mol. The minimum absolute atomic E-state index is 0.0167. The van der Waals surface area contributed by atoms with Crippen molar-refractivity contribution in [3.05, 3.63) is 59.2 Å². The van der Waals surface area contributed by atoms with Gasteiger partial charge in [-0.2, -0.15) is 0 Å². The molecule has 2 rings (SSSR count). The van der Waals surface area contributed by atoms with Crippen LogP contribution in [0.5, 0.6) is 0 Å². The summed E-state index contributed by atoms with van der Waals surface area (Å²) in [5, 5.41) is 0. The summed E-state index contributed by atoms with van der Waals surface area (Å²) >= 11 is 0. The second-order valence-electron chi connectivity index (χ2n) is 4.32. The lowest BCUT2D eigenvalue weighted by atomic mass is 10.0. The molecule has 0 fully saturated rings. The molecule has 0 aliphatic carbocycles. The molecule has 2 aromatic rings. The molecule has 0 bridgehead atoms. The number of rotatable bonds is 3. The Morgan fingerprint density at radius 1 is 0.842 bits per heavy atom. The van der Waals surface area contributed by atoms with Gasteiger partial charge in [-0.25, -0.2) is 17.6 Å². The van der Waals surface area contributed by atoms with Crippen molar-refractivity contribution in [1.29, 1.82) is 0 Å². The fourth-order valence-electron chi connectivity index (χ4n) is 1.95. The topological polar surface area (TPSA) is 0 Å². The summed E-state index contributed by atoms with van der Waals surface area (Å²) in [6.45, 7) is 1.97. The van der Waals surface area contributed by atoms with Crippen LogP contribution in [-0.2, 0) is 6.42 Å². The van der Waals surface area contributed by atoms with Gasteiger partial charge in [-0.1, -0.05) is 25.5 Å². The first kappa shape index (κ1) is 13.6. The molecule has 0 amide bonds. The van der Waals surface area contributed by atoms with Gasteiger partial charge in [0, 0.05) is 5.56 Å². The fourth-order valence-corrected chi connectivity index (χ4v) is 1.95. The summed E-state index contributed by atoms with van der Waals surface area (Å²) in [6.07, 6.45) is 1.60. The van der Waals surface area contributed by atoms with Crippen molar-refractivity contribution in [1.82, 2.24) is 0 Å². The lowest BCUT2D eigenvalue weighted by Crippen LogP contribution is -1.94. The summed E-state index contributed by atoms with van der Waals surface area (Å²) in [6, 6.07) is 6.05. The van der Waals surface area contributed by atoms with Crippen molar-refractivity contribution in [2.24, 2.45) is 0 Å². The van der Waals surface area contributed by atoms with Gasteiger partial charge in [-0.3, -0.25) is 0 Å². The van der Waals surface area contributed by atoms with Gasteiger partial charge in [0.05, 0.1) is 0 Å². The molecule has 0 nitrogen and oxygen atoms in total. The highest BCUT2D eigenvalue weighted by molar-refractivity contribution is 5.64. The molecule has 0 N–H and O–H groups in total. The smallest absolute Gasteiger partial charge is 0.194 e. The third-order valence-electron chi connectivity index (χ3n) is 2.87. The highest BCUT2D eigenvalue weighted by atomic mass is 19.2. The SMILES string of the molecule is CCCc1ccc(-c2cc(F)c(F)c(F)c2)c(F)c1. The Balaban J connectivity index is 2.47. The van der Waals surface area contributed by atoms with Crippen molar-refractivity contribution in [3.63, 3.8) is 0 Å². The molecule has 19 heavy (non-hydrogen) atoms. The van der Waals surface area contributed by atoms with Crippen LogP contribution in [0, 0.1) is 23.3 Å². The Kier molecular flexibility index (Phi) is 3.88. The maximum absolute atomic E-state index is 13.9. The first-order valence-corrected chi connectivity index (χ1v) is 5.96. The van der Waals surface area contributed by atoms with Crippen LogP contribution < -0.4 is 0 Å². The fraction of sp³-hybridized carbons (Fsp3) is 0.200. The molecule has 2 aromatic carbocycles. The first-order chi connectivity index (χ1) is 9.02. The highest BCUT2D eigenvalue weighted by Crippen LogP contribution is 2.27. The largest absolute Gasteiger partial charge is 0.206 e. The van der Waals surface area contributed by atoms with Gasteiger partial charge in [0.25, 0.3) is 0 Å². The molecular formula is C15H12F4. The second-order valence-corrected chi connectivity index (χ2v) is 4.32. The van der Waals surface area contributed by atoms with Crippen molar-refractivity contribution < 1.29 is 17.6 Å². The number of benzene rings is 2. The molecule has 0 aliphatic heterocycles. The Bertz CT molecular complexity index is 582. The normalized spacial score (nSPS) is 10.8. The first-order valence-electron chi connectivity index (χ1n) is 5.96. The van der Waals surface area contributed by atoms with E-state index in [-0.39, 0.29) is 11.1 Å². The Hall–Kier alpha value is -1.84. The summed E-state index contributed by atoms with van der Waals surface area (Å²) in [5.74, 6) is -4.78. The van der Waals surface area contributed by atoms with Crippen LogP contribution in [-0.4, -0.2) is 0 Å². The summed E-state index contributed by atoms with van der Waals surface area (Å²) in [5.41, 5.74) is 0.849. The monoisotopic (exact) mass is 268 g/mol. The zero-order chi connectivity index (χ0) is 14.0. The van der Waals surface area contributed by atoms with E-state index in [0.29, 0.717) is 0 Å². The number of hydrogen-bond donors (Lipinski definition) is 0. The minimum Gasteiger partial charge on any atom is -0.206 e. The molecule has 0 saturated carbocycles. The predicted molar refractivity (Wildman–Crippen MR) is 65.7 cm³/mol. The van der Waals surface area contributed by atoms with Gasteiger partial charge >= 0.3 is 0 Å². The number of halogens is 4. The van der Waals surface area contributed by atoms with E-state index in [4.69, 9.17) is 0 Å². The molecule has 0 saturated heterocycles. The van der Waals surface area contributed by atoms with Gasteiger partial charge in [-0.05, 0) is 35.7 Å². The molecule has 0 unspecified atom stereocenters. The second kappa shape index (κ2) is 5.43. The van der Waals surface area contributed by atoms with E-state index < -0.39 is 23.3 Å². The van der Waals surface area contributed by atoms with Gasteiger partial charge < -0.3 is 0 Å². The standard InChI is InChI=1S/C15H12F4/c1-2-3-9-4-5-11(12(16)6-9)10-7-13(17)15(19)14(18)8-10/h4-8H,2-3H2,1H3. The van der Waals surface area contributed by atoms with Gasteiger partial charge in [0.2, 0.25) is 0 Å². The third kappa shape index (κ3) is 2.78. The molecule has 4 heteroatoms. The quantitative estimate of drug-likeness (QED) is 0.550. The molecule has 0 aromatic heterocycles. The van der Waals surface area contributed by atoms with Crippen molar-refractivity contribution in [2.75, 3.05) is 0 Å². The zero-order valence-electron chi connectivity index (χ0n) is 10.3. The molecule has 0 spiro atoms. The van der Waals surface area contributed by atoms with E-state index in [0.717, 1.165) is 30.5 Å². The maximum Gasteiger partial charge on any atom is 0.194 e. The van der Waals surface area contributed by atoms with Gasteiger partial charge in [0.1, 0.15) is 5.82 Å². The Labute approximate surface area is 108 Å². The van der Waals surface area contributed by atoms with Crippen LogP contribution in [0.15, 0.2) is 30.3 Å². The van der Waals surface area contributed by atoms with Gasteiger partial charge in [0.15, 0.2) is 17.5 Å². The Morgan fingerprint density at radius 3 is 2.00 bits per heavy atom. The van der Waals surface area contributed by atoms with Crippen LogP contribution in [0.3, 0.4) is 0 Å². The van der Waals surface area contributed by atoms with E-state index in [2.05, 4.69) is 0 Å². The van der Waals surface area contributed by atoms with Crippen LogP contribution in [0.4, 0.5) is 17.6 Å². The maximum atomic E-state index is 13.9. The van der Waals surface area contributed by atoms with Crippen LogP contribution in [0.2, 0.25) is 0 Å².